The monoisotopic (exact) mass is 769 g/mol. The fourth-order valence-corrected chi connectivity index (χ4v) is 8.22. The fourth-order valence-electron chi connectivity index (χ4n) is 6.80. The van der Waals surface area contributed by atoms with Crippen LogP contribution in [0.1, 0.15) is 75.1 Å². The number of carbonyl (C=O) groups is 1. The largest absolute Gasteiger partial charge is 0.444 e. The van der Waals surface area contributed by atoms with Gasteiger partial charge in [-0.15, -0.1) is 0 Å². The van der Waals surface area contributed by atoms with Crippen LogP contribution in [0.15, 0.2) is 126 Å². The van der Waals surface area contributed by atoms with Crippen molar-refractivity contribution in [1.82, 2.24) is 14.2 Å². The number of sulfonamides is 1. The molecule has 288 valence electrons. The van der Waals surface area contributed by atoms with Gasteiger partial charge in [-0.3, -0.25) is 4.98 Å². The van der Waals surface area contributed by atoms with Crippen LogP contribution in [0.2, 0.25) is 0 Å². The van der Waals surface area contributed by atoms with E-state index in [4.69, 9.17) is 4.74 Å². The summed E-state index contributed by atoms with van der Waals surface area (Å²) in [6, 6.07) is 30.5. The number of alkyl halides is 3. The van der Waals surface area contributed by atoms with Crippen molar-refractivity contribution in [3.8, 4) is 22.3 Å². The van der Waals surface area contributed by atoms with Gasteiger partial charge in [-0.05, 0) is 103 Å². The number of pyridine rings is 1. The molecule has 5 aromatic rings. The number of halogens is 3. The average molecular weight is 770 g/mol. The molecule has 1 aliphatic rings. The number of rotatable bonds is 11. The molecule has 4 aromatic carbocycles. The lowest BCUT2D eigenvalue weighted by Crippen LogP contribution is -2.43. The molecule has 1 amide bonds. The number of ether oxygens (including phenoxy) is 1. The van der Waals surface area contributed by atoms with Gasteiger partial charge >= 0.3 is 12.3 Å². The highest BCUT2D eigenvalue weighted by Gasteiger charge is 2.31. The van der Waals surface area contributed by atoms with Gasteiger partial charge in [-0.25, -0.2) is 13.2 Å². The number of amides is 1. The molecule has 0 unspecified atom stereocenters. The Labute approximate surface area is 321 Å². The molecule has 1 saturated carbocycles. The van der Waals surface area contributed by atoms with Gasteiger partial charge in [0, 0.05) is 38.1 Å². The highest BCUT2D eigenvalue weighted by Crippen LogP contribution is 2.32. The van der Waals surface area contributed by atoms with E-state index in [1.807, 2.05) is 80.3 Å². The number of benzene rings is 4. The molecule has 0 spiro atoms. The third-order valence-corrected chi connectivity index (χ3v) is 11.5. The van der Waals surface area contributed by atoms with Gasteiger partial charge in [0.2, 0.25) is 10.0 Å². The minimum Gasteiger partial charge on any atom is -0.444 e. The Kier molecular flexibility index (Phi) is 12.1. The summed E-state index contributed by atoms with van der Waals surface area (Å²) in [5, 5.41) is 0. The van der Waals surface area contributed by atoms with Gasteiger partial charge in [0.15, 0.2) is 0 Å². The zero-order valence-corrected chi connectivity index (χ0v) is 32.1. The fraction of sp³-hybridized carbons (Fsp3) is 0.318. The molecule has 0 saturated heterocycles. The topological polar surface area (TPSA) is 79.8 Å². The number of aromatic nitrogens is 1. The molecule has 0 radical (unpaired) electrons. The number of hydrogen-bond donors (Lipinski definition) is 0. The van der Waals surface area contributed by atoms with Gasteiger partial charge < -0.3 is 9.64 Å². The lowest BCUT2D eigenvalue weighted by molar-refractivity contribution is -0.137. The maximum absolute atomic E-state index is 14.1. The third-order valence-electron chi connectivity index (χ3n) is 9.72. The Morgan fingerprint density at radius 1 is 0.691 bits per heavy atom. The Bertz CT molecular complexity index is 2130. The summed E-state index contributed by atoms with van der Waals surface area (Å²) in [5.41, 5.74) is 4.29. The van der Waals surface area contributed by atoms with Crippen LogP contribution in [-0.4, -0.2) is 40.3 Å². The zero-order chi connectivity index (χ0) is 39.2. The lowest BCUT2D eigenvalue weighted by Gasteiger charge is -2.35. The number of carbonyl (C=O) groups excluding carboxylic acids is 1. The van der Waals surface area contributed by atoms with E-state index in [1.54, 1.807) is 30.6 Å². The first-order valence-corrected chi connectivity index (χ1v) is 19.9. The van der Waals surface area contributed by atoms with Crippen LogP contribution >= 0.6 is 0 Å². The average Bonchev–Trinajstić information content (AvgIpc) is 3.17. The first-order valence-electron chi connectivity index (χ1n) is 18.5. The molecule has 7 nitrogen and oxygen atoms in total. The molecule has 6 rings (SSSR count). The van der Waals surface area contributed by atoms with E-state index in [2.05, 4.69) is 4.98 Å². The number of hydrogen-bond acceptors (Lipinski definition) is 5. The SMILES string of the molecule is CC(C)(C)OC(=O)N(Cc1ccc(-c2ccc(CN(Cc3cccnc3)S(=O)(=O)c3ccc(-c4ccc(C(F)(F)F)cc4)cc3)cc2)cc1)C1CCCCC1. The van der Waals surface area contributed by atoms with Gasteiger partial charge in [-0.2, -0.15) is 17.5 Å². The van der Waals surface area contributed by atoms with Crippen LogP contribution in [0.4, 0.5) is 18.0 Å². The summed E-state index contributed by atoms with van der Waals surface area (Å²) in [4.78, 5) is 19.3. The second kappa shape index (κ2) is 16.8. The predicted octanol–water partition coefficient (Wildman–Crippen LogP) is 10.9. The second-order valence-corrected chi connectivity index (χ2v) is 17.0. The summed E-state index contributed by atoms with van der Waals surface area (Å²) >= 11 is 0. The zero-order valence-electron chi connectivity index (χ0n) is 31.3. The van der Waals surface area contributed by atoms with E-state index in [1.165, 1.54) is 35.0 Å². The summed E-state index contributed by atoms with van der Waals surface area (Å²) < 4.78 is 74.5. The normalized spacial score (nSPS) is 14.2. The molecule has 55 heavy (non-hydrogen) atoms. The maximum Gasteiger partial charge on any atom is 0.416 e. The minimum atomic E-state index is -4.44. The van der Waals surface area contributed by atoms with Crippen molar-refractivity contribution < 1.29 is 31.1 Å². The molecular weight excluding hydrogens is 724 g/mol. The van der Waals surface area contributed by atoms with Crippen LogP contribution in [0.25, 0.3) is 22.3 Å². The lowest BCUT2D eigenvalue weighted by atomic mass is 9.94. The highest BCUT2D eigenvalue weighted by atomic mass is 32.2. The molecule has 1 aromatic heterocycles. The first-order chi connectivity index (χ1) is 26.2. The molecule has 1 heterocycles. The Morgan fingerprint density at radius 2 is 1.18 bits per heavy atom. The molecule has 0 aliphatic heterocycles. The third kappa shape index (κ3) is 10.4. The molecule has 0 N–H and O–H groups in total. The van der Waals surface area contributed by atoms with Crippen LogP contribution in [0.3, 0.4) is 0 Å². The van der Waals surface area contributed by atoms with Crippen molar-refractivity contribution in [2.45, 2.75) is 95.2 Å². The first kappa shape index (κ1) is 39.7. The smallest absolute Gasteiger partial charge is 0.416 e. The van der Waals surface area contributed by atoms with Crippen molar-refractivity contribution in [1.29, 1.82) is 0 Å². The standard InChI is InChI=1S/C44H46F3N3O4S/c1-43(2,3)54-42(51)50(40-9-5-4-6-10-40)31-33-13-17-36(18-14-33)35-15-11-32(12-16-35)29-49(30-34-8-7-27-48-28-34)55(52,53)41-25-21-38(22-26-41)37-19-23-39(24-20-37)44(45,46)47/h7-8,11-28,40H,4-6,9-10,29-31H2,1-3H3. The number of nitrogens with zero attached hydrogens (tertiary/aromatic N) is 3. The quantitative estimate of drug-likeness (QED) is 0.134. The van der Waals surface area contributed by atoms with Gasteiger partial charge in [0.25, 0.3) is 0 Å². The summed E-state index contributed by atoms with van der Waals surface area (Å²) in [7, 11) is -4.00. The molecule has 11 heteroatoms. The molecule has 0 atom stereocenters. The Hall–Kier alpha value is -5.00. The van der Waals surface area contributed by atoms with Crippen molar-refractivity contribution in [2.24, 2.45) is 0 Å². The van der Waals surface area contributed by atoms with E-state index in [0.717, 1.165) is 65.6 Å². The Balaban J connectivity index is 1.17. The van der Waals surface area contributed by atoms with Gasteiger partial charge in [0.1, 0.15) is 5.60 Å². The minimum absolute atomic E-state index is 0.0671. The summed E-state index contributed by atoms with van der Waals surface area (Å²) in [6.45, 7) is 6.31. The van der Waals surface area contributed by atoms with Crippen molar-refractivity contribution in [2.75, 3.05) is 0 Å². The molecular formula is C44H46F3N3O4S. The van der Waals surface area contributed by atoms with E-state index in [-0.39, 0.29) is 30.1 Å². The van der Waals surface area contributed by atoms with E-state index >= 15 is 0 Å². The van der Waals surface area contributed by atoms with Gasteiger partial charge in [0.05, 0.1) is 10.5 Å². The van der Waals surface area contributed by atoms with Crippen LogP contribution in [-0.2, 0) is 40.6 Å². The van der Waals surface area contributed by atoms with Crippen LogP contribution in [0, 0.1) is 0 Å². The van der Waals surface area contributed by atoms with Crippen molar-refractivity contribution >= 4 is 16.1 Å². The van der Waals surface area contributed by atoms with Crippen molar-refractivity contribution in [3.63, 3.8) is 0 Å². The van der Waals surface area contributed by atoms with E-state index < -0.39 is 27.4 Å². The van der Waals surface area contributed by atoms with E-state index in [9.17, 15) is 26.4 Å². The van der Waals surface area contributed by atoms with Crippen molar-refractivity contribution in [3.05, 3.63) is 144 Å². The van der Waals surface area contributed by atoms with Crippen LogP contribution in [0.5, 0.6) is 0 Å². The molecule has 1 aliphatic carbocycles. The van der Waals surface area contributed by atoms with E-state index in [0.29, 0.717) is 17.7 Å². The van der Waals surface area contributed by atoms with Crippen LogP contribution < -0.4 is 0 Å². The maximum atomic E-state index is 14.1. The van der Waals surface area contributed by atoms with Gasteiger partial charge in [-0.1, -0.05) is 98.1 Å². The summed E-state index contributed by atoms with van der Waals surface area (Å²) in [5.74, 6) is 0. The summed E-state index contributed by atoms with van der Waals surface area (Å²) in [6.07, 6.45) is 3.88. The molecule has 0 bridgehead atoms. The second-order valence-electron chi connectivity index (χ2n) is 15.0. The molecule has 1 fully saturated rings. The predicted molar refractivity (Wildman–Crippen MR) is 208 cm³/mol. The Morgan fingerprint density at radius 3 is 1.67 bits per heavy atom. The highest BCUT2D eigenvalue weighted by molar-refractivity contribution is 7.89.